The number of hydrogen-bond acceptors (Lipinski definition) is 1. The van der Waals surface area contributed by atoms with Crippen LogP contribution in [0.2, 0.25) is 0 Å². The van der Waals surface area contributed by atoms with Crippen LogP contribution >= 0.6 is 0 Å². The first-order valence-corrected chi connectivity index (χ1v) is 15.1. The number of hydrogen-bond donors (Lipinski definition) is 0. The topological polar surface area (TPSA) is 13.1 Å². The van der Waals surface area contributed by atoms with E-state index in [1.807, 2.05) is 0 Å². The SMILES string of the molecule is Cc1ccc(-c2ccc(-c3ccc(-c4ccc(-c5ccc6ccccc6c5)cc4-c4ccccc4)o3)cc2)c2ccccc12. The third-order valence-corrected chi connectivity index (χ3v) is 8.68. The van der Waals surface area contributed by atoms with Crippen molar-refractivity contribution in [1.82, 2.24) is 0 Å². The molecular formula is C43H30O. The summed E-state index contributed by atoms with van der Waals surface area (Å²) in [5.74, 6) is 1.72. The van der Waals surface area contributed by atoms with E-state index in [9.17, 15) is 0 Å². The van der Waals surface area contributed by atoms with Crippen LogP contribution in [0.25, 0.3) is 77.6 Å². The smallest absolute Gasteiger partial charge is 0.135 e. The summed E-state index contributed by atoms with van der Waals surface area (Å²) >= 11 is 0. The van der Waals surface area contributed by atoms with Crippen LogP contribution in [0.5, 0.6) is 0 Å². The van der Waals surface area contributed by atoms with Crippen molar-refractivity contribution in [3.05, 3.63) is 169 Å². The Labute approximate surface area is 257 Å². The molecule has 208 valence electrons. The molecule has 1 heteroatoms. The Morgan fingerprint density at radius 2 is 0.932 bits per heavy atom. The van der Waals surface area contributed by atoms with Gasteiger partial charge in [-0.05, 0) is 97.7 Å². The summed E-state index contributed by atoms with van der Waals surface area (Å²) in [4.78, 5) is 0. The molecule has 0 radical (unpaired) electrons. The molecule has 0 aliphatic rings. The second-order valence-electron chi connectivity index (χ2n) is 11.4. The quantitative estimate of drug-likeness (QED) is 0.203. The van der Waals surface area contributed by atoms with E-state index in [1.165, 1.54) is 49.4 Å². The second kappa shape index (κ2) is 10.9. The number of benzene rings is 7. The zero-order valence-corrected chi connectivity index (χ0v) is 24.5. The maximum absolute atomic E-state index is 6.55. The summed E-state index contributed by atoms with van der Waals surface area (Å²) in [5, 5.41) is 5.07. The number of fused-ring (bicyclic) bond motifs is 2. The lowest BCUT2D eigenvalue weighted by molar-refractivity contribution is 0.597. The van der Waals surface area contributed by atoms with Gasteiger partial charge in [0.1, 0.15) is 11.5 Å². The third-order valence-electron chi connectivity index (χ3n) is 8.68. The van der Waals surface area contributed by atoms with E-state index in [1.54, 1.807) is 0 Å². The van der Waals surface area contributed by atoms with Gasteiger partial charge in [0.05, 0.1) is 0 Å². The molecule has 0 saturated carbocycles. The molecule has 44 heavy (non-hydrogen) atoms. The van der Waals surface area contributed by atoms with Crippen molar-refractivity contribution in [2.75, 3.05) is 0 Å². The highest BCUT2D eigenvalue weighted by Crippen LogP contribution is 2.39. The Bertz CT molecular complexity index is 2270. The van der Waals surface area contributed by atoms with Gasteiger partial charge in [0.25, 0.3) is 0 Å². The largest absolute Gasteiger partial charge is 0.456 e. The van der Waals surface area contributed by atoms with Crippen LogP contribution in [-0.2, 0) is 0 Å². The molecule has 0 saturated heterocycles. The van der Waals surface area contributed by atoms with E-state index in [4.69, 9.17) is 4.42 Å². The van der Waals surface area contributed by atoms with E-state index < -0.39 is 0 Å². The molecule has 8 aromatic rings. The fourth-order valence-corrected chi connectivity index (χ4v) is 6.32. The van der Waals surface area contributed by atoms with Crippen LogP contribution in [0.3, 0.4) is 0 Å². The molecule has 0 N–H and O–H groups in total. The molecule has 0 atom stereocenters. The van der Waals surface area contributed by atoms with Gasteiger partial charge in [-0.1, -0.05) is 133 Å². The van der Waals surface area contributed by atoms with E-state index in [0.717, 1.165) is 33.8 Å². The van der Waals surface area contributed by atoms with Crippen molar-refractivity contribution in [2.45, 2.75) is 6.92 Å². The standard InChI is InChI=1S/C43H30O/c1-29-15-23-38(39-14-8-7-13-37(29)39)32-17-19-33(20-18-32)42-25-26-43(44-42)40-24-22-36(28-41(40)31-10-3-2-4-11-31)35-21-16-30-9-5-6-12-34(30)27-35/h2-28H,1H3. The molecule has 0 bridgehead atoms. The number of furan rings is 1. The summed E-state index contributed by atoms with van der Waals surface area (Å²) in [7, 11) is 0. The molecule has 0 amide bonds. The molecule has 1 aromatic heterocycles. The minimum Gasteiger partial charge on any atom is -0.456 e. The van der Waals surface area contributed by atoms with Crippen molar-refractivity contribution in [3.8, 4) is 56.0 Å². The lowest BCUT2D eigenvalue weighted by Crippen LogP contribution is -1.87. The molecule has 0 aliphatic carbocycles. The summed E-state index contributed by atoms with van der Waals surface area (Å²) in [6, 6.07) is 58.4. The highest BCUT2D eigenvalue weighted by molar-refractivity contribution is 5.98. The van der Waals surface area contributed by atoms with Crippen LogP contribution in [-0.4, -0.2) is 0 Å². The first-order valence-electron chi connectivity index (χ1n) is 15.1. The molecule has 8 rings (SSSR count). The van der Waals surface area contributed by atoms with Gasteiger partial charge < -0.3 is 4.42 Å². The first kappa shape index (κ1) is 26.0. The number of rotatable bonds is 5. The highest BCUT2D eigenvalue weighted by Gasteiger charge is 2.15. The zero-order valence-electron chi connectivity index (χ0n) is 24.5. The van der Waals surface area contributed by atoms with Crippen LogP contribution in [0.15, 0.2) is 168 Å². The van der Waals surface area contributed by atoms with Gasteiger partial charge in [-0.3, -0.25) is 0 Å². The minimum absolute atomic E-state index is 0.859. The molecule has 1 heterocycles. The van der Waals surface area contributed by atoms with Crippen LogP contribution in [0.4, 0.5) is 0 Å². The first-order chi connectivity index (χ1) is 21.7. The minimum atomic E-state index is 0.859. The van der Waals surface area contributed by atoms with E-state index >= 15 is 0 Å². The fraction of sp³-hybridized carbons (Fsp3) is 0.0233. The Hall–Kier alpha value is -5.66. The fourth-order valence-electron chi connectivity index (χ4n) is 6.32. The Morgan fingerprint density at radius 1 is 0.341 bits per heavy atom. The average Bonchev–Trinajstić information content (AvgIpc) is 3.59. The summed E-state index contributed by atoms with van der Waals surface area (Å²) in [6.45, 7) is 2.17. The van der Waals surface area contributed by atoms with Crippen molar-refractivity contribution in [2.24, 2.45) is 0 Å². The predicted octanol–water partition coefficient (Wildman–Crippen LogP) is 12.2. The van der Waals surface area contributed by atoms with Gasteiger partial charge in [-0.25, -0.2) is 0 Å². The van der Waals surface area contributed by atoms with Crippen molar-refractivity contribution in [3.63, 3.8) is 0 Å². The van der Waals surface area contributed by atoms with Gasteiger partial charge in [0.2, 0.25) is 0 Å². The van der Waals surface area contributed by atoms with Crippen molar-refractivity contribution < 1.29 is 4.42 Å². The third kappa shape index (κ3) is 4.69. The zero-order chi connectivity index (χ0) is 29.5. The van der Waals surface area contributed by atoms with Crippen LogP contribution in [0.1, 0.15) is 5.56 Å². The van der Waals surface area contributed by atoms with Crippen molar-refractivity contribution in [1.29, 1.82) is 0 Å². The maximum atomic E-state index is 6.55. The number of aryl methyl sites for hydroxylation is 1. The monoisotopic (exact) mass is 562 g/mol. The summed E-state index contributed by atoms with van der Waals surface area (Å²) in [5.41, 5.74) is 10.6. The van der Waals surface area contributed by atoms with Gasteiger partial charge in [-0.15, -0.1) is 0 Å². The molecule has 0 aliphatic heterocycles. The summed E-state index contributed by atoms with van der Waals surface area (Å²) < 4.78 is 6.55. The summed E-state index contributed by atoms with van der Waals surface area (Å²) in [6.07, 6.45) is 0. The van der Waals surface area contributed by atoms with Gasteiger partial charge >= 0.3 is 0 Å². The van der Waals surface area contributed by atoms with Gasteiger partial charge in [-0.2, -0.15) is 0 Å². The second-order valence-corrected chi connectivity index (χ2v) is 11.4. The molecular weight excluding hydrogens is 532 g/mol. The van der Waals surface area contributed by atoms with E-state index in [0.29, 0.717) is 0 Å². The van der Waals surface area contributed by atoms with Gasteiger partial charge in [0, 0.05) is 11.1 Å². The lowest BCUT2D eigenvalue weighted by atomic mass is 9.93. The molecule has 0 unspecified atom stereocenters. The predicted molar refractivity (Wildman–Crippen MR) is 186 cm³/mol. The average molecular weight is 563 g/mol. The molecule has 7 aromatic carbocycles. The van der Waals surface area contributed by atoms with Crippen molar-refractivity contribution >= 4 is 21.5 Å². The molecule has 0 fully saturated rings. The van der Waals surface area contributed by atoms with Crippen LogP contribution < -0.4 is 0 Å². The molecule has 1 nitrogen and oxygen atoms in total. The lowest BCUT2D eigenvalue weighted by Gasteiger charge is -2.12. The maximum Gasteiger partial charge on any atom is 0.135 e. The van der Waals surface area contributed by atoms with Crippen LogP contribution in [0, 0.1) is 6.92 Å². The van der Waals surface area contributed by atoms with E-state index in [-0.39, 0.29) is 0 Å². The highest BCUT2D eigenvalue weighted by atomic mass is 16.3. The Balaban J connectivity index is 1.16. The van der Waals surface area contributed by atoms with E-state index in [2.05, 4.69) is 171 Å². The Kier molecular flexibility index (Phi) is 6.43. The normalized spacial score (nSPS) is 11.3. The van der Waals surface area contributed by atoms with Gasteiger partial charge in [0.15, 0.2) is 0 Å². The molecule has 0 spiro atoms. The Morgan fingerprint density at radius 3 is 1.77 bits per heavy atom.